The number of imide groups is 1. The third kappa shape index (κ3) is 3.17. The summed E-state index contributed by atoms with van der Waals surface area (Å²) in [6.07, 6.45) is 0. The molecule has 0 radical (unpaired) electrons. The van der Waals surface area contributed by atoms with Crippen molar-refractivity contribution in [2.24, 2.45) is 0 Å². The molecule has 0 aliphatic carbocycles. The molecule has 3 amide bonds. The number of halogens is 1. The molecule has 6 heteroatoms. The van der Waals surface area contributed by atoms with Crippen LogP contribution in [0.15, 0.2) is 66.7 Å². The van der Waals surface area contributed by atoms with Crippen molar-refractivity contribution in [2.75, 3.05) is 10.2 Å². The summed E-state index contributed by atoms with van der Waals surface area (Å²) in [5, 5.41) is 3.23. The standard InChI is InChI=1S/C22H15ClN2O3/c1-13-5-8-17(9-6-13)25-21(27)18-10-7-14(11-19(18)22(25)28)20(26)24-16-4-2-3-15(23)12-16/h2-12H,1H3,(H,24,26). The molecule has 1 N–H and O–H groups in total. The van der Waals surface area contributed by atoms with E-state index in [2.05, 4.69) is 5.32 Å². The van der Waals surface area contributed by atoms with Crippen LogP contribution in [0.4, 0.5) is 11.4 Å². The Hall–Kier alpha value is -3.44. The number of benzene rings is 3. The van der Waals surface area contributed by atoms with E-state index in [1.807, 2.05) is 19.1 Å². The summed E-state index contributed by atoms with van der Waals surface area (Å²) in [4.78, 5) is 39.2. The van der Waals surface area contributed by atoms with Crippen LogP contribution in [-0.2, 0) is 0 Å². The summed E-state index contributed by atoms with van der Waals surface area (Å²) in [6, 6.07) is 18.4. The van der Waals surface area contributed by atoms with Crippen LogP contribution in [0.25, 0.3) is 0 Å². The number of nitrogens with zero attached hydrogens (tertiary/aromatic N) is 1. The quantitative estimate of drug-likeness (QED) is 0.659. The van der Waals surface area contributed by atoms with Crippen molar-refractivity contribution < 1.29 is 14.4 Å². The molecule has 1 heterocycles. The minimum absolute atomic E-state index is 0.212. The lowest BCUT2D eigenvalue weighted by molar-refractivity contribution is 0.0925. The van der Waals surface area contributed by atoms with Gasteiger partial charge in [0.2, 0.25) is 0 Å². The molecule has 0 aromatic heterocycles. The molecule has 0 unspecified atom stereocenters. The fourth-order valence-electron chi connectivity index (χ4n) is 3.08. The SMILES string of the molecule is Cc1ccc(N2C(=O)c3ccc(C(=O)Nc4cccc(Cl)c4)cc3C2=O)cc1. The van der Waals surface area contributed by atoms with Gasteiger partial charge in [-0.1, -0.05) is 35.4 Å². The van der Waals surface area contributed by atoms with Crippen LogP contribution in [0.2, 0.25) is 5.02 Å². The predicted molar refractivity (Wildman–Crippen MR) is 108 cm³/mol. The highest BCUT2D eigenvalue weighted by Gasteiger charge is 2.37. The molecular formula is C22H15ClN2O3. The van der Waals surface area contributed by atoms with Gasteiger partial charge in [-0.2, -0.15) is 0 Å². The van der Waals surface area contributed by atoms with Gasteiger partial charge in [0.25, 0.3) is 17.7 Å². The molecule has 3 aromatic carbocycles. The summed E-state index contributed by atoms with van der Waals surface area (Å²) in [6.45, 7) is 1.93. The molecule has 1 aliphatic rings. The topological polar surface area (TPSA) is 66.5 Å². The number of hydrogen-bond donors (Lipinski definition) is 1. The lowest BCUT2D eigenvalue weighted by Gasteiger charge is -2.13. The molecule has 138 valence electrons. The van der Waals surface area contributed by atoms with Gasteiger partial charge in [-0.25, -0.2) is 4.90 Å². The van der Waals surface area contributed by atoms with E-state index in [9.17, 15) is 14.4 Å². The van der Waals surface area contributed by atoms with Crippen LogP contribution in [0, 0.1) is 6.92 Å². The van der Waals surface area contributed by atoms with Crippen LogP contribution >= 0.6 is 11.6 Å². The number of aryl methyl sites for hydroxylation is 1. The Bertz CT molecular complexity index is 1120. The van der Waals surface area contributed by atoms with Gasteiger partial charge in [0.1, 0.15) is 0 Å². The molecule has 0 saturated heterocycles. The van der Waals surface area contributed by atoms with Gasteiger partial charge in [-0.15, -0.1) is 0 Å². The van der Waals surface area contributed by atoms with E-state index in [-0.39, 0.29) is 22.6 Å². The van der Waals surface area contributed by atoms with Crippen molar-refractivity contribution in [1.29, 1.82) is 0 Å². The molecule has 5 nitrogen and oxygen atoms in total. The summed E-state index contributed by atoms with van der Waals surface area (Å²) in [5.74, 6) is -1.23. The van der Waals surface area contributed by atoms with Crippen LogP contribution < -0.4 is 10.2 Å². The number of carbonyl (C=O) groups excluding carboxylic acids is 3. The maximum absolute atomic E-state index is 12.8. The number of hydrogen-bond acceptors (Lipinski definition) is 3. The van der Waals surface area contributed by atoms with Crippen LogP contribution in [-0.4, -0.2) is 17.7 Å². The zero-order valence-corrected chi connectivity index (χ0v) is 15.7. The monoisotopic (exact) mass is 390 g/mol. The highest BCUT2D eigenvalue weighted by molar-refractivity contribution is 6.35. The first-order chi connectivity index (χ1) is 13.4. The molecule has 0 fully saturated rings. The van der Waals surface area contributed by atoms with Crippen molar-refractivity contribution in [3.63, 3.8) is 0 Å². The van der Waals surface area contributed by atoms with E-state index in [1.54, 1.807) is 36.4 Å². The zero-order valence-electron chi connectivity index (χ0n) is 14.9. The van der Waals surface area contributed by atoms with Gasteiger partial charge >= 0.3 is 0 Å². The lowest BCUT2D eigenvalue weighted by Crippen LogP contribution is -2.29. The number of fused-ring (bicyclic) bond motifs is 1. The summed E-state index contributed by atoms with van der Waals surface area (Å²) in [7, 11) is 0. The highest BCUT2D eigenvalue weighted by atomic mass is 35.5. The van der Waals surface area contributed by atoms with Crippen molar-refractivity contribution in [2.45, 2.75) is 6.92 Å². The summed E-state index contributed by atoms with van der Waals surface area (Å²) < 4.78 is 0. The third-order valence-electron chi connectivity index (χ3n) is 4.52. The summed E-state index contributed by atoms with van der Waals surface area (Å²) in [5.41, 5.74) is 2.85. The lowest BCUT2D eigenvalue weighted by atomic mass is 10.1. The largest absolute Gasteiger partial charge is 0.322 e. The highest BCUT2D eigenvalue weighted by Crippen LogP contribution is 2.29. The second kappa shape index (κ2) is 6.94. The van der Waals surface area contributed by atoms with Crippen molar-refractivity contribution in [1.82, 2.24) is 0 Å². The molecule has 0 saturated carbocycles. The minimum atomic E-state index is -0.443. The molecule has 1 aliphatic heterocycles. The van der Waals surface area contributed by atoms with E-state index in [1.165, 1.54) is 18.2 Å². The Morgan fingerprint density at radius 2 is 1.61 bits per heavy atom. The first kappa shape index (κ1) is 17.9. The maximum atomic E-state index is 12.8. The van der Waals surface area contributed by atoms with E-state index < -0.39 is 11.8 Å². The first-order valence-corrected chi connectivity index (χ1v) is 8.98. The fourth-order valence-corrected chi connectivity index (χ4v) is 3.27. The van der Waals surface area contributed by atoms with Crippen LogP contribution in [0.3, 0.4) is 0 Å². The van der Waals surface area contributed by atoms with E-state index in [0.717, 1.165) is 10.5 Å². The second-order valence-electron chi connectivity index (χ2n) is 6.51. The summed E-state index contributed by atoms with van der Waals surface area (Å²) >= 11 is 5.93. The average Bonchev–Trinajstić information content (AvgIpc) is 2.93. The minimum Gasteiger partial charge on any atom is -0.322 e. The third-order valence-corrected chi connectivity index (χ3v) is 4.76. The molecular weight excluding hydrogens is 376 g/mol. The van der Waals surface area contributed by atoms with Crippen LogP contribution in [0.5, 0.6) is 0 Å². The normalized spacial score (nSPS) is 12.9. The Kier molecular flexibility index (Phi) is 4.45. The molecule has 4 rings (SSSR count). The van der Waals surface area contributed by atoms with Crippen molar-refractivity contribution in [3.8, 4) is 0 Å². The number of anilines is 2. The van der Waals surface area contributed by atoms with Gasteiger partial charge in [0, 0.05) is 16.3 Å². The molecule has 28 heavy (non-hydrogen) atoms. The molecule has 0 bridgehead atoms. The number of nitrogens with one attached hydrogen (secondary N) is 1. The Balaban J connectivity index is 1.63. The number of rotatable bonds is 3. The van der Waals surface area contributed by atoms with Gasteiger partial charge in [0.15, 0.2) is 0 Å². The Morgan fingerprint density at radius 1 is 0.893 bits per heavy atom. The fraction of sp³-hybridized carbons (Fsp3) is 0.0455. The Morgan fingerprint density at radius 3 is 2.32 bits per heavy atom. The van der Waals surface area contributed by atoms with Crippen molar-refractivity contribution >= 4 is 40.7 Å². The first-order valence-electron chi connectivity index (χ1n) is 8.60. The predicted octanol–water partition coefficient (Wildman–Crippen LogP) is 4.70. The van der Waals surface area contributed by atoms with Gasteiger partial charge in [-0.05, 0) is 55.5 Å². The van der Waals surface area contributed by atoms with E-state index in [4.69, 9.17) is 11.6 Å². The van der Waals surface area contributed by atoms with Gasteiger partial charge in [0.05, 0.1) is 16.8 Å². The maximum Gasteiger partial charge on any atom is 0.266 e. The zero-order chi connectivity index (χ0) is 19.8. The second-order valence-corrected chi connectivity index (χ2v) is 6.94. The molecule has 0 spiro atoms. The number of carbonyl (C=O) groups is 3. The van der Waals surface area contributed by atoms with E-state index in [0.29, 0.717) is 16.4 Å². The number of amides is 3. The van der Waals surface area contributed by atoms with Crippen molar-refractivity contribution in [3.05, 3.63) is 94.0 Å². The smallest absolute Gasteiger partial charge is 0.266 e. The Labute approximate surface area is 166 Å². The van der Waals surface area contributed by atoms with Gasteiger partial charge < -0.3 is 5.32 Å². The molecule has 3 aromatic rings. The van der Waals surface area contributed by atoms with Gasteiger partial charge in [-0.3, -0.25) is 14.4 Å². The average molecular weight is 391 g/mol. The van der Waals surface area contributed by atoms with E-state index >= 15 is 0 Å². The molecule has 0 atom stereocenters. The van der Waals surface area contributed by atoms with Crippen LogP contribution in [0.1, 0.15) is 36.6 Å².